The van der Waals surface area contributed by atoms with E-state index in [2.05, 4.69) is 18.7 Å². The molecule has 1 aliphatic rings. The summed E-state index contributed by atoms with van der Waals surface area (Å²) in [5.41, 5.74) is 1.39. The van der Waals surface area contributed by atoms with Crippen LogP contribution in [-0.2, 0) is 0 Å². The minimum atomic E-state index is 0.700. The van der Waals surface area contributed by atoms with E-state index in [-0.39, 0.29) is 0 Å². The van der Waals surface area contributed by atoms with Crippen molar-refractivity contribution in [2.45, 2.75) is 12.3 Å². The SMILES string of the molecule is C=CC1CC1c1ccc(Cl)cc1. The maximum absolute atomic E-state index is 5.79. The van der Waals surface area contributed by atoms with Crippen molar-refractivity contribution >= 4 is 11.6 Å². The quantitative estimate of drug-likeness (QED) is 0.607. The van der Waals surface area contributed by atoms with Crippen LogP contribution in [0.25, 0.3) is 0 Å². The van der Waals surface area contributed by atoms with Crippen LogP contribution in [0.15, 0.2) is 36.9 Å². The Morgan fingerprint density at radius 1 is 1.33 bits per heavy atom. The van der Waals surface area contributed by atoms with Gasteiger partial charge in [0.1, 0.15) is 0 Å². The van der Waals surface area contributed by atoms with Gasteiger partial charge in [-0.3, -0.25) is 0 Å². The van der Waals surface area contributed by atoms with Crippen molar-refractivity contribution < 1.29 is 0 Å². The molecule has 2 rings (SSSR count). The molecule has 62 valence electrons. The van der Waals surface area contributed by atoms with Gasteiger partial charge < -0.3 is 0 Å². The summed E-state index contributed by atoms with van der Waals surface area (Å²) in [6.07, 6.45) is 3.30. The highest BCUT2D eigenvalue weighted by atomic mass is 35.5. The van der Waals surface area contributed by atoms with E-state index in [9.17, 15) is 0 Å². The minimum absolute atomic E-state index is 0.700. The third kappa shape index (κ3) is 1.39. The molecule has 12 heavy (non-hydrogen) atoms. The van der Waals surface area contributed by atoms with Crippen LogP contribution in [0.2, 0.25) is 5.02 Å². The molecular weight excluding hydrogens is 168 g/mol. The summed E-state index contributed by atoms with van der Waals surface area (Å²) in [7, 11) is 0. The summed E-state index contributed by atoms with van der Waals surface area (Å²) in [6.45, 7) is 3.79. The molecule has 0 heterocycles. The van der Waals surface area contributed by atoms with Crippen molar-refractivity contribution in [3.05, 3.63) is 47.5 Å². The van der Waals surface area contributed by atoms with Gasteiger partial charge in [-0.25, -0.2) is 0 Å². The average molecular weight is 179 g/mol. The molecule has 0 radical (unpaired) electrons. The van der Waals surface area contributed by atoms with E-state index in [1.165, 1.54) is 12.0 Å². The fraction of sp³-hybridized carbons (Fsp3) is 0.273. The van der Waals surface area contributed by atoms with E-state index in [1.807, 2.05) is 18.2 Å². The summed E-state index contributed by atoms with van der Waals surface area (Å²) in [5, 5.41) is 0.814. The molecule has 0 N–H and O–H groups in total. The lowest BCUT2D eigenvalue weighted by molar-refractivity contribution is 1.01. The van der Waals surface area contributed by atoms with Crippen molar-refractivity contribution in [1.82, 2.24) is 0 Å². The second-order valence-corrected chi connectivity index (χ2v) is 3.73. The average Bonchev–Trinajstić information content (AvgIpc) is 2.85. The number of rotatable bonds is 2. The van der Waals surface area contributed by atoms with Gasteiger partial charge in [-0.15, -0.1) is 6.58 Å². The van der Waals surface area contributed by atoms with E-state index in [0.29, 0.717) is 11.8 Å². The van der Waals surface area contributed by atoms with Crippen LogP contribution >= 0.6 is 11.6 Å². The molecule has 0 amide bonds. The van der Waals surface area contributed by atoms with Crippen LogP contribution in [0.1, 0.15) is 17.9 Å². The predicted molar refractivity (Wildman–Crippen MR) is 52.5 cm³/mol. The van der Waals surface area contributed by atoms with Crippen molar-refractivity contribution in [3.8, 4) is 0 Å². The monoisotopic (exact) mass is 178 g/mol. The molecular formula is C11H11Cl. The first-order chi connectivity index (χ1) is 5.81. The van der Waals surface area contributed by atoms with Crippen LogP contribution in [-0.4, -0.2) is 0 Å². The Hall–Kier alpha value is -0.750. The Morgan fingerprint density at radius 2 is 2.00 bits per heavy atom. The second-order valence-electron chi connectivity index (χ2n) is 3.29. The Labute approximate surface area is 77.9 Å². The van der Waals surface area contributed by atoms with Gasteiger partial charge in [-0.1, -0.05) is 29.8 Å². The predicted octanol–water partition coefficient (Wildman–Crippen LogP) is 3.63. The molecule has 0 aliphatic heterocycles. The normalized spacial score (nSPS) is 26.8. The van der Waals surface area contributed by atoms with Crippen LogP contribution < -0.4 is 0 Å². The third-order valence-corrected chi connectivity index (χ3v) is 2.69. The Balaban J connectivity index is 2.15. The Kier molecular flexibility index (Phi) is 1.93. The summed E-state index contributed by atoms with van der Waals surface area (Å²) in [5.74, 6) is 1.41. The van der Waals surface area contributed by atoms with E-state index < -0.39 is 0 Å². The van der Waals surface area contributed by atoms with Crippen LogP contribution in [0.3, 0.4) is 0 Å². The maximum atomic E-state index is 5.79. The summed E-state index contributed by atoms with van der Waals surface area (Å²) in [6, 6.07) is 8.12. The fourth-order valence-electron chi connectivity index (χ4n) is 1.57. The van der Waals surface area contributed by atoms with Crippen molar-refractivity contribution in [2.24, 2.45) is 5.92 Å². The first kappa shape index (κ1) is 7.88. The molecule has 1 heteroatoms. The largest absolute Gasteiger partial charge is 0.103 e. The molecule has 0 aromatic heterocycles. The van der Waals surface area contributed by atoms with E-state index in [1.54, 1.807) is 0 Å². The van der Waals surface area contributed by atoms with E-state index in [0.717, 1.165) is 5.02 Å². The zero-order valence-electron chi connectivity index (χ0n) is 6.83. The lowest BCUT2D eigenvalue weighted by Gasteiger charge is -1.97. The molecule has 2 atom stereocenters. The van der Waals surface area contributed by atoms with E-state index in [4.69, 9.17) is 11.6 Å². The first-order valence-corrected chi connectivity index (χ1v) is 4.57. The number of halogens is 1. The number of benzene rings is 1. The Bertz CT molecular complexity index is 286. The number of hydrogen-bond acceptors (Lipinski definition) is 0. The zero-order valence-corrected chi connectivity index (χ0v) is 7.59. The molecule has 1 aromatic rings. The van der Waals surface area contributed by atoms with Gasteiger partial charge in [0, 0.05) is 5.02 Å². The molecule has 0 bridgehead atoms. The van der Waals surface area contributed by atoms with Gasteiger partial charge in [-0.2, -0.15) is 0 Å². The molecule has 0 saturated heterocycles. The summed E-state index contributed by atoms with van der Waals surface area (Å²) < 4.78 is 0. The zero-order chi connectivity index (χ0) is 8.55. The van der Waals surface area contributed by atoms with Gasteiger partial charge in [0.05, 0.1) is 0 Å². The van der Waals surface area contributed by atoms with Gasteiger partial charge in [0.15, 0.2) is 0 Å². The van der Waals surface area contributed by atoms with Crippen LogP contribution in [0.4, 0.5) is 0 Å². The molecule has 1 aromatic carbocycles. The highest BCUT2D eigenvalue weighted by Crippen LogP contribution is 2.48. The van der Waals surface area contributed by atoms with Crippen LogP contribution in [0.5, 0.6) is 0 Å². The smallest absolute Gasteiger partial charge is 0.0406 e. The van der Waals surface area contributed by atoms with Crippen molar-refractivity contribution in [2.75, 3.05) is 0 Å². The highest BCUT2D eigenvalue weighted by molar-refractivity contribution is 6.30. The number of allylic oxidation sites excluding steroid dienone is 1. The standard InChI is InChI=1S/C11H11Cl/c1-2-8-7-11(8)9-3-5-10(12)6-4-9/h2-6,8,11H,1,7H2. The summed E-state index contributed by atoms with van der Waals surface area (Å²) in [4.78, 5) is 0. The topological polar surface area (TPSA) is 0 Å². The molecule has 2 unspecified atom stereocenters. The van der Waals surface area contributed by atoms with Gasteiger partial charge in [0.25, 0.3) is 0 Å². The third-order valence-electron chi connectivity index (χ3n) is 2.44. The lowest BCUT2D eigenvalue weighted by atomic mass is 10.1. The molecule has 1 fully saturated rings. The molecule has 0 spiro atoms. The molecule has 0 nitrogen and oxygen atoms in total. The van der Waals surface area contributed by atoms with Crippen molar-refractivity contribution in [3.63, 3.8) is 0 Å². The second kappa shape index (κ2) is 2.95. The fourth-order valence-corrected chi connectivity index (χ4v) is 1.69. The minimum Gasteiger partial charge on any atom is -0.103 e. The highest BCUT2D eigenvalue weighted by Gasteiger charge is 2.35. The molecule has 1 aliphatic carbocycles. The van der Waals surface area contributed by atoms with Crippen LogP contribution in [0, 0.1) is 5.92 Å². The maximum Gasteiger partial charge on any atom is 0.0406 e. The van der Waals surface area contributed by atoms with Gasteiger partial charge >= 0.3 is 0 Å². The van der Waals surface area contributed by atoms with Gasteiger partial charge in [0.2, 0.25) is 0 Å². The van der Waals surface area contributed by atoms with E-state index >= 15 is 0 Å². The number of hydrogen-bond donors (Lipinski definition) is 0. The molecule has 1 saturated carbocycles. The lowest BCUT2D eigenvalue weighted by Crippen LogP contribution is -1.79. The van der Waals surface area contributed by atoms with Crippen molar-refractivity contribution in [1.29, 1.82) is 0 Å². The first-order valence-electron chi connectivity index (χ1n) is 4.19. The van der Waals surface area contributed by atoms with Gasteiger partial charge in [-0.05, 0) is 36.0 Å². The summed E-state index contributed by atoms with van der Waals surface area (Å²) >= 11 is 5.79. The Morgan fingerprint density at radius 3 is 2.50 bits per heavy atom.